The van der Waals surface area contributed by atoms with Crippen LogP contribution in [0.15, 0.2) is 66.1 Å². The molecule has 2 aromatic carbocycles. The third kappa shape index (κ3) is 3.55. The van der Waals surface area contributed by atoms with Gasteiger partial charge in [0.1, 0.15) is 0 Å². The highest BCUT2D eigenvalue weighted by Gasteiger charge is 2.42. The van der Waals surface area contributed by atoms with E-state index in [2.05, 4.69) is 6.58 Å². The fourth-order valence-corrected chi connectivity index (χ4v) is 6.03. The van der Waals surface area contributed by atoms with Gasteiger partial charge in [-0.2, -0.15) is 0 Å². The summed E-state index contributed by atoms with van der Waals surface area (Å²) in [6.07, 6.45) is 4.31. The number of anilines is 1. The molecule has 2 aromatic rings. The Morgan fingerprint density at radius 2 is 1.77 bits per heavy atom. The molecule has 0 saturated carbocycles. The number of piperidine rings is 1. The van der Waals surface area contributed by atoms with E-state index in [0.29, 0.717) is 40.5 Å². The maximum atomic E-state index is 13.8. The topological polar surface area (TPSA) is 57.7 Å². The summed E-state index contributed by atoms with van der Waals surface area (Å²) >= 11 is 6.30. The minimum Gasteiger partial charge on any atom is -0.338 e. The molecule has 7 heteroatoms. The molecule has 2 aliphatic rings. The predicted octanol–water partition coefficient (Wildman–Crippen LogP) is 4.45. The van der Waals surface area contributed by atoms with Crippen LogP contribution in [0.25, 0.3) is 5.57 Å². The summed E-state index contributed by atoms with van der Waals surface area (Å²) in [5, 5.41) is 0.477. The van der Waals surface area contributed by atoms with Gasteiger partial charge in [-0.1, -0.05) is 48.0 Å². The number of nitrogens with zero attached hydrogens (tertiary/aromatic N) is 2. The van der Waals surface area contributed by atoms with Crippen molar-refractivity contribution >= 4 is 38.8 Å². The predicted molar refractivity (Wildman–Crippen MR) is 121 cm³/mol. The van der Waals surface area contributed by atoms with Crippen LogP contribution in [0, 0.1) is 0 Å². The summed E-state index contributed by atoms with van der Waals surface area (Å²) in [6.45, 7) is 4.89. The molecule has 2 heterocycles. The summed E-state index contributed by atoms with van der Waals surface area (Å²) in [5.41, 5.74) is 2.20. The van der Waals surface area contributed by atoms with E-state index in [0.717, 1.165) is 19.3 Å². The lowest BCUT2D eigenvalue weighted by Crippen LogP contribution is -2.44. The molecule has 0 spiro atoms. The molecular weight excluding hydrogens is 420 g/mol. The number of benzene rings is 2. The zero-order chi connectivity index (χ0) is 21.3. The third-order valence-corrected chi connectivity index (χ3v) is 7.52. The molecule has 0 N–H and O–H groups in total. The van der Waals surface area contributed by atoms with Crippen molar-refractivity contribution < 1.29 is 13.2 Å². The smallest absolute Gasteiger partial charge is 0.270 e. The van der Waals surface area contributed by atoms with E-state index in [-0.39, 0.29) is 11.4 Å². The molecule has 156 valence electrons. The zero-order valence-electron chi connectivity index (χ0n) is 16.6. The van der Waals surface area contributed by atoms with Gasteiger partial charge in [0.25, 0.3) is 15.9 Å². The van der Waals surface area contributed by atoms with Crippen molar-refractivity contribution in [2.24, 2.45) is 0 Å². The van der Waals surface area contributed by atoms with Crippen LogP contribution in [-0.2, 0) is 14.8 Å². The maximum absolute atomic E-state index is 13.8. The molecule has 4 rings (SSSR count). The monoisotopic (exact) mass is 442 g/mol. The van der Waals surface area contributed by atoms with E-state index in [1.54, 1.807) is 23.1 Å². The second-order valence-electron chi connectivity index (χ2n) is 7.41. The summed E-state index contributed by atoms with van der Waals surface area (Å²) in [6, 6.07) is 14.2. The first-order valence-electron chi connectivity index (χ1n) is 9.97. The number of fused-ring (bicyclic) bond motifs is 1. The highest BCUT2D eigenvalue weighted by Crippen LogP contribution is 2.44. The Morgan fingerprint density at radius 1 is 1.07 bits per heavy atom. The number of rotatable bonds is 4. The Labute approximate surface area is 182 Å². The van der Waals surface area contributed by atoms with Gasteiger partial charge in [0.05, 0.1) is 12.2 Å². The standard InChI is InChI=1S/C23H23ClN2O3S/c1-2-13-26-20-12-11-18(24)16-19(20)21(17-9-5-3-6-10-17)22(30(26,28)29)23(27)25-14-7-4-8-15-25/h2-3,5-6,9-12,16H,1,4,7-8,13-15H2. The number of sulfonamides is 1. The fraction of sp³-hybridized carbons (Fsp3) is 0.261. The van der Waals surface area contributed by atoms with Crippen molar-refractivity contribution in [3.63, 3.8) is 0 Å². The molecule has 0 bridgehead atoms. The van der Waals surface area contributed by atoms with Crippen LogP contribution in [0.5, 0.6) is 0 Å². The highest BCUT2D eigenvalue weighted by atomic mass is 35.5. The minimum absolute atomic E-state index is 0.0653. The number of amides is 1. The summed E-state index contributed by atoms with van der Waals surface area (Å²) in [7, 11) is -4.09. The van der Waals surface area contributed by atoms with E-state index in [1.807, 2.05) is 30.3 Å². The molecule has 1 saturated heterocycles. The van der Waals surface area contributed by atoms with Gasteiger partial charge in [-0.15, -0.1) is 6.58 Å². The number of likely N-dealkylation sites (tertiary alicyclic amines) is 1. The molecule has 1 amide bonds. The quantitative estimate of drug-likeness (QED) is 0.657. The number of hydrogen-bond acceptors (Lipinski definition) is 3. The first-order valence-corrected chi connectivity index (χ1v) is 11.8. The first-order chi connectivity index (χ1) is 14.4. The molecule has 0 aromatic heterocycles. The Morgan fingerprint density at radius 3 is 2.43 bits per heavy atom. The number of halogens is 1. The third-order valence-electron chi connectivity index (χ3n) is 5.47. The lowest BCUT2D eigenvalue weighted by molar-refractivity contribution is -0.127. The van der Waals surface area contributed by atoms with Crippen LogP contribution in [0.3, 0.4) is 0 Å². The van der Waals surface area contributed by atoms with Gasteiger partial charge in [0, 0.05) is 29.2 Å². The Balaban J connectivity index is 2.04. The van der Waals surface area contributed by atoms with E-state index in [4.69, 9.17) is 11.6 Å². The number of hydrogen-bond donors (Lipinski definition) is 0. The Hall–Kier alpha value is -2.57. The molecular formula is C23H23ClN2O3S. The van der Waals surface area contributed by atoms with Gasteiger partial charge in [-0.05, 0) is 43.0 Å². The van der Waals surface area contributed by atoms with Crippen LogP contribution in [-0.4, -0.2) is 38.9 Å². The van der Waals surface area contributed by atoms with Gasteiger partial charge in [-0.3, -0.25) is 9.10 Å². The largest absolute Gasteiger partial charge is 0.338 e. The molecule has 2 aliphatic heterocycles. The number of carbonyl (C=O) groups is 1. The van der Waals surface area contributed by atoms with E-state index >= 15 is 0 Å². The molecule has 0 atom stereocenters. The van der Waals surface area contributed by atoms with Crippen molar-refractivity contribution in [1.82, 2.24) is 4.90 Å². The Bertz CT molecular complexity index is 1120. The number of carbonyl (C=O) groups excluding carboxylic acids is 1. The summed E-state index contributed by atoms with van der Waals surface area (Å²) in [5.74, 6) is -0.451. The molecule has 30 heavy (non-hydrogen) atoms. The van der Waals surface area contributed by atoms with Crippen molar-refractivity contribution in [3.05, 3.63) is 82.2 Å². The van der Waals surface area contributed by atoms with Crippen molar-refractivity contribution in [2.45, 2.75) is 19.3 Å². The minimum atomic E-state index is -4.09. The SMILES string of the molecule is C=CCN1c2ccc(Cl)cc2C(c2ccccc2)=C(C(=O)N2CCCCC2)S1(=O)=O. The van der Waals surface area contributed by atoms with Crippen molar-refractivity contribution in [3.8, 4) is 0 Å². The summed E-state index contributed by atoms with van der Waals surface area (Å²) < 4.78 is 28.8. The normalized spacial score (nSPS) is 18.2. The molecule has 0 aliphatic carbocycles. The van der Waals surface area contributed by atoms with Crippen molar-refractivity contribution in [1.29, 1.82) is 0 Å². The fourth-order valence-electron chi connectivity index (χ4n) is 4.08. The second kappa shape index (κ2) is 8.28. The van der Waals surface area contributed by atoms with Gasteiger partial charge in [0.15, 0.2) is 4.91 Å². The van der Waals surface area contributed by atoms with Crippen LogP contribution in [0.2, 0.25) is 5.02 Å². The lowest BCUT2D eigenvalue weighted by Gasteiger charge is -2.35. The average Bonchev–Trinajstić information content (AvgIpc) is 2.76. The van der Waals surface area contributed by atoms with Crippen LogP contribution >= 0.6 is 11.6 Å². The van der Waals surface area contributed by atoms with Gasteiger partial charge in [0.2, 0.25) is 0 Å². The maximum Gasteiger partial charge on any atom is 0.270 e. The van der Waals surface area contributed by atoms with E-state index in [9.17, 15) is 13.2 Å². The lowest BCUT2D eigenvalue weighted by atomic mass is 9.95. The van der Waals surface area contributed by atoms with Crippen molar-refractivity contribution in [2.75, 3.05) is 23.9 Å². The average molecular weight is 443 g/mol. The molecule has 5 nitrogen and oxygen atoms in total. The molecule has 0 radical (unpaired) electrons. The highest BCUT2D eigenvalue weighted by molar-refractivity contribution is 7.97. The van der Waals surface area contributed by atoms with E-state index in [1.165, 1.54) is 10.4 Å². The van der Waals surface area contributed by atoms with E-state index < -0.39 is 15.9 Å². The summed E-state index contributed by atoms with van der Waals surface area (Å²) in [4.78, 5) is 15.1. The zero-order valence-corrected chi connectivity index (χ0v) is 18.1. The second-order valence-corrected chi connectivity index (χ2v) is 9.64. The van der Waals surface area contributed by atoms with Gasteiger partial charge < -0.3 is 4.90 Å². The molecule has 0 unspecified atom stereocenters. The van der Waals surface area contributed by atoms with Gasteiger partial charge >= 0.3 is 0 Å². The van der Waals surface area contributed by atoms with Crippen LogP contribution < -0.4 is 4.31 Å². The molecule has 1 fully saturated rings. The van der Waals surface area contributed by atoms with Crippen LogP contribution in [0.1, 0.15) is 30.4 Å². The van der Waals surface area contributed by atoms with Gasteiger partial charge in [-0.25, -0.2) is 8.42 Å². The van der Waals surface area contributed by atoms with Crippen LogP contribution in [0.4, 0.5) is 5.69 Å². The Kier molecular flexibility index (Phi) is 5.71. The first kappa shape index (κ1) is 20.7.